The predicted molar refractivity (Wildman–Crippen MR) is 386 cm³/mol. The van der Waals surface area contributed by atoms with Crippen molar-refractivity contribution < 1.29 is 278 Å². The van der Waals surface area contributed by atoms with E-state index >= 15 is 0 Å². The van der Waals surface area contributed by atoms with Gasteiger partial charge in [0.1, 0.15) is 268 Å². The molecule has 0 aromatic carbocycles. The van der Waals surface area contributed by atoms with Gasteiger partial charge in [0, 0.05) is 13.8 Å². The van der Waals surface area contributed by atoms with Gasteiger partial charge < -0.3 is 279 Å². The van der Waals surface area contributed by atoms with Crippen molar-refractivity contribution in [2.45, 2.75) is 351 Å². The van der Waals surface area contributed by atoms with E-state index in [0.717, 1.165) is 13.8 Å². The Morgan fingerprint density at radius 3 is 0.734 bits per heavy atom. The maximum Gasteiger partial charge on any atom is 0.217 e. The average Bonchev–Trinajstić information content (AvgIpc) is 0.768. The molecule has 0 radical (unpaired) electrons. The van der Waals surface area contributed by atoms with Crippen LogP contribution in [0.25, 0.3) is 0 Å². The van der Waals surface area contributed by atoms with E-state index < -0.39 is 422 Å². The third-order valence-corrected chi connectivity index (χ3v) is 23.8. The Kier molecular flexibility index (Phi) is 37.7. The molecule has 128 heavy (non-hydrogen) atoms. The average molecular weight is 1880 g/mol. The van der Waals surface area contributed by atoms with Crippen molar-refractivity contribution >= 4 is 11.8 Å². The first-order chi connectivity index (χ1) is 60.7. The van der Waals surface area contributed by atoms with Gasteiger partial charge in [-0.15, -0.1) is 0 Å². The molecule has 11 fully saturated rings. The van der Waals surface area contributed by atoms with Crippen molar-refractivity contribution in [2.75, 3.05) is 72.7 Å². The second kappa shape index (κ2) is 45.8. The van der Waals surface area contributed by atoms with Gasteiger partial charge >= 0.3 is 0 Å². The second-order valence-electron chi connectivity index (χ2n) is 32.3. The van der Waals surface area contributed by atoms with Crippen LogP contribution in [0.2, 0.25) is 0 Å². The number of rotatable bonds is 33. The normalized spacial score (nSPS) is 51.7. The highest BCUT2D eigenvalue weighted by molar-refractivity contribution is 5.73. The van der Waals surface area contributed by atoms with Gasteiger partial charge in [-0.2, -0.15) is 0 Å². The van der Waals surface area contributed by atoms with Crippen LogP contribution in [0.5, 0.6) is 0 Å². The molecule has 0 saturated carbocycles. The fourth-order valence-electron chi connectivity index (χ4n) is 16.5. The second-order valence-corrected chi connectivity index (χ2v) is 32.3. The first kappa shape index (κ1) is 105. The number of nitrogens with one attached hydrogen (secondary N) is 2. The first-order valence-electron chi connectivity index (χ1n) is 40.7. The SMILES string of the molecule is CC(=O)N[C@H]1[C@H](O[C@H]2[C@H](O)[C@@H](NC(C)=O)C(O)O[C@@H]2CO)O[C@H](CO)[C@@H](O[C@@H]2O[C@H](CO[C@H]3O[C@H](CO)[C@@H](O)[C@H](O)[C@@H]3O[C@H]3O[C@H](CO)[C@@H](O)[C@H](O)[C@@H]3O)[C@@H](O)[C@H](O[C@H]3O[C@H](CO)[C@@H](O)[C@H](O)[C@@H]3O[C@H]3O[C@H](CO)[C@@H](O)[C@H](O)[C@@H]3O[C@H]3O[C@H](CO)[C@@H](O)[C@H](O)[C@@H]3O[C@H]3O[C@H](CO)[C@@H](O)[C@H](O)[C@@H]3O[C@H]3O[C@H](CO)[C@@H](O)[C@H](O)[C@@H]3O[C@H]3O[C@H](CO)[C@@H](O)[C@H](O)[C@@H]3O)[C@@H]2O)[C@@H]1O. The largest absolute Gasteiger partial charge is 0.394 e. The lowest BCUT2D eigenvalue weighted by atomic mass is 9.94. The highest BCUT2D eigenvalue weighted by Crippen LogP contribution is 2.42. The van der Waals surface area contributed by atoms with E-state index in [9.17, 15) is 178 Å². The molecule has 55 atom stereocenters. The molecular weight excluding hydrogens is 1760 g/mol. The zero-order valence-electron chi connectivity index (χ0n) is 67.7. The van der Waals surface area contributed by atoms with Gasteiger partial charge in [-0.25, -0.2) is 0 Å². The van der Waals surface area contributed by atoms with Gasteiger partial charge in [0.2, 0.25) is 11.8 Å². The van der Waals surface area contributed by atoms with Crippen molar-refractivity contribution in [3.63, 3.8) is 0 Å². The van der Waals surface area contributed by atoms with Crippen molar-refractivity contribution in [3.05, 3.63) is 0 Å². The number of carbonyl (C=O) groups is 2. The molecule has 58 nitrogen and oxygen atoms in total. The summed E-state index contributed by atoms with van der Waals surface area (Å²) in [5.74, 6) is -1.79. The Morgan fingerprint density at radius 1 is 0.203 bits per heavy atom. The van der Waals surface area contributed by atoms with Gasteiger partial charge in [-0.05, 0) is 0 Å². The highest BCUT2D eigenvalue weighted by atomic mass is 16.8. The molecule has 35 N–H and O–H groups in total. The van der Waals surface area contributed by atoms with Crippen molar-refractivity contribution in [1.82, 2.24) is 10.6 Å². The summed E-state index contributed by atoms with van der Waals surface area (Å²) in [5.41, 5.74) is 0. The van der Waals surface area contributed by atoms with Crippen LogP contribution in [-0.2, 0) is 109 Å². The van der Waals surface area contributed by atoms with Crippen LogP contribution in [0.15, 0.2) is 0 Å². The van der Waals surface area contributed by atoms with Gasteiger partial charge in [0.25, 0.3) is 0 Å². The van der Waals surface area contributed by atoms with E-state index in [4.69, 9.17) is 99.5 Å². The lowest BCUT2D eigenvalue weighted by Gasteiger charge is -2.51. The maximum atomic E-state index is 13.1. The molecule has 0 aromatic rings. The topological polar surface area (TPSA) is 920 Å². The maximum absolute atomic E-state index is 13.1. The van der Waals surface area contributed by atoms with Gasteiger partial charge in [-0.3, -0.25) is 9.59 Å². The van der Waals surface area contributed by atoms with Gasteiger partial charge in [0.05, 0.1) is 72.7 Å². The summed E-state index contributed by atoms with van der Waals surface area (Å²) in [6.07, 6.45) is -118. The standard InChI is InChI=1S/C70H118N2O56/c1-14(83)71-27-38(94)51(24(11-81)109-60(27)107)120-61-28(72-15(2)84)39(95)52(25(12-82)118-61)121-64-50(106)53(37(93)26(119-64)13-108-65-54(42(98)31(87)18(5-75)112-65)123-62-48(104)40(96)29(85)16(3-73)110-62)122-66-56(44(100)33(89)19(6-76)113-66)125-68-58(46(102)35(91)21(8-78)115-68)127-70-59(47(103)36(92)23(10-80)117-70)128-69-57(45(101)34(90)22(9-79)116-69)126-67-55(43(99)32(88)20(7-77)114-67)124-63-49(105)41(97)30(86)17(4-74)111-63/h16-70,73-82,85-107H,3-13H2,1-2H3,(H,71,83)(H,72,84)/t16-,17-,18-,19-,20-,21-,22-,23-,24-,25-,26-,27-,28-,29-,30-,31-,32-,33-,34-,35-,36-,37-,38-,39-,40+,41+,42+,43+,44+,45+,46+,47+,48+,49+,50+,51-,52-,53+,54+,55+,56+,57+,58+,59+,60?,61+,62-,63-,64+,65+,66-,67-,68-,69-,70-/m1/s1. The molecule has 1 unspecified atom stereocenters. The summed E-state index contributed by atoms with van der Waals surface area (Å²) in [4.78, 5) is 25.2. The summed E-state index contributed by atoms with van der Waals surface area (Å²) in [5, 5.41) is 373. The molecule has 0 aromatic heterocycles. The monoisotopic (exact) mass is 1880 g/mol. The quantitative estimate of drug-likeness (QED) is 0.0290. The predicted octanol–water partition coefficient (Wildman–Crippen LogP) is -24.7. The summed E-state index contributed by atoms with van der Waals surface area (Å²) in [6.45, 7) is -10.9. The zero-order valence-corrected chi connectivity index (χ0v) is 67.7. The Hall–Kier alpha value is -3.22. The minimum atomic E-state index is -2.67. The Bertz CT molecular complexity index is 3390. The zero-order chi connectivity index (χ0) is 94.0. The molecule has 11 aliphatic rings. The molecule has 58 heteroatoms. The van der Waals surface area contributed by atoms with E-state index in [2.05, 4.69) is 10.6 Å². The number of carbonyl (C=O) groups excluding carboxylic acids is 2. The van der Waals surface area contributed by atoms with E-state index in [1.807, 2.05) is 0 Å². The molecule has 11 aliphatic heterocycles. The van der Waals surface area contributed by atoms with Crippen LogP contribution in [0.1, 0.15) is 13.8 Å². The summed E-state index contributed by atoms with van der Waals surface area (Å²) < 4.78 is 124. The van der Waals surface area contributed by atoms with E-state index in [-0.39, 0.29) is 0 Å². The minimum absolute atomic E-state index is 0.812. The Morgan fingerprint density at radius 2 is 0.422 bits per heavy atom. The van der Waals surface area contributed by atoms with Crippen LogP contribution in [0, 0.1) is 0 Å². The number of hydrogen-bond acceptors (Lipinski definition) is 56. The molecule has 11 saturated heterocycles. The third-order valence-electron chi connectivity index (χ3n) is 23.8. The highest BCUT2D eigenvalue weighted by Gasteiger charge is 2.63. The van der Waals surface area contributed by atoms with Crippen molar-refractivity contribution in [2.24, 2.45) is 0 Å². The number of aliphatic hydroxyl groups excluding tert-OH is 33. The van der Waals surface area contributed by atoms with E-state index in [1.54, 1.807) is 0 Å². The van der Waals surface area contributed by atoms with Gasteiger partial charge in [-0.1, -0.05) is 0 Å². The number of hydrogen-bond donors (Lipinski definition) is 35. The summed E-state index contributed by atoms with van der Waals surface area (Å²) in [7, 11) is 0. The van der Waals surface area contributed by atoms with Crippen LogP contribution < -0.4 is 10.6 Å². The molecule has 0 aliphatic carbocycles. The number of aliphatic hydroxyl groups is 33. The molecule has 744 valence electrons. The summed E-state index contributed by atoms with van der Waals surface area (Å²) >= 11 is 0. The Balaban J connectivity index is 0.923. The number of ether oxygens (including phenoxy) is 21. The lowest BCUT2D eigenvalue weighted by Crippen LogP contribution is -2.70. The van der Waals surface area contributed by atoms with E-state index in [1.165, 1.54) is 0 Å². The lowest BCUT2D eigenvalue weighted by molar-refractivity contribution is -0.420. The molecule has 0 bridgehead atoms. The molecule has 0 spiro atoms. The van der Waals surface area contributed by atoms with Crippen LogP contribution in [0.3, 0.4) is 0 Å². The van der Waals surface area contributed by atoms with Crippen molar-refractivity contribution in [1.29, 1.82) is 0 Å². The molecule has 11 rings (SSSR count). The van der Waals surface area contributed by atoms with Crippen LogP contribution in [0.4, 0.5) is 0 Å². The summed E-state index contributed by atoms with van der Waals surface area (Å²) in [6, 6.07) is -3.66. The molecule has 2 amide bonds. The minimum Gasteiger partial charge on any atom is -0.394 e. The molecular formula is C70H118N2O56. The number of amides is 2. The Labute approximate surface area is 722 Å². The smallest absolute Gasteiger partial charge is 0.217 e. The first-order valence-corrected chi connectivity index (χ1v) is 40.7. The van der Waals surface area contributed by atoms with E-state index in [0.29, 0.717) is 0 Å². The molecule has 11 heterocycles. The fourth-order valence-corrected chi connectivity index (χ4v) is 16.5. The van der Waals surface area contributed by atoms with Crippen LogP contribution in [-0.4, -0.2) is 591 Å². The third kappa shape index (κ3) is 22.3. The van der Waals surface area contributed by atoms with Crippen LogP contribution >= 0.6 is 0 Å². The fraction of sp³-hybridized carbons (Fsp3) is 0.971. The van der Waals surface area contributed by atoms with Crippen molar-refractivity contribution in [3.8, 4) is 0 Å². The van der Waals surface area contributed by atoms with Gasteiger partial charge in [0.15, 0.2) is 69.2 Å².